The van der Waals surface area contributed by atoms with Gasteiger partial charge in [0.1, 0.15) is 13.2 Å². The van der Waals surface area contributed by atoms with Gasteiger partial charge in [0.25, 0.3) is 0 Å². The zero-order valence-corrected chi connectivity index (χ0v) is 9.81. The highest BCUT2D eigenvalue weighted by Gasteiger charge is 2.73. The number of alkyl halides is 13. The molecule has 0 radical (unpaired) electrons. The van der Waals surface area contributed by atoms with Gasteiger partial charge in [-0.3, -0.25) is 0 Å². The van der Waals surface area contributed by atoms with E-state index in [0.717, 1.165) is 0 Å². The molecule has 0 aliphatic rings. The van der Waals surface area contributed by atoms with Crippen LogP contribution >= 0.6 is 0 Å². The Morgan fingerprint density at radius 2 is 1.00 bits per heavy atom. The fourth-order valence-corrected chi connectivity index (χ4v) is 0.861. The largest absolute Gasteiger partial charge is 0.459 e. The van der Waals surface area contributed by atoms with Gasteiger partial charge in [0.05, 0.1) is 0 Å². The summed E-state index contributed by atoms with van der Waals surface area (Å²) in [5.74, 6) is -24.6. The average Bonchev–Trinajstić information content (AvgIpc) is 2.25. The Labute approximate surface area is 113 Å². The second-order valence-corrected chi connectivity index (χ2v) is 3.90. The van der Waals surface area contributed by atoms with Crippen LogP contribution < -0.4 is 0 Å². The summed E-state index contributed by atoms with van der Waals surface area (Å²) >= 11 is 0. The molecule has 22 heavy (non-hydrogen) atoms. The molecule has 0 amide bonds. The average molecular weight is 364 g/mol. The van der Waals surface area contributed by atoms with Crippen LogP contribution in [0, 0.1) is 0 Å². The van der Waals surface area contributed by atoms with E-state index < -0.39 is 49.5 Å². The minimum atomic E-state index is -6.78. The molecule has 0 heterocycles. The van der Waals surface area contributed by atoms with Gasteiger partial charge < -0.3 is 4.74 Å². The SMILES string of the molecule is FC(F)C(F)(F)C(F)(F)COCC(F)(F)C(F)(F)C(F)(F)F. The van der Waals surface area contributed by atoms with Gasteiger partial charge >= 0.3 is 36.3 Å². The van der Waals surface area contributed by atoms with Crippen molar-refractivity contribution >= 4 is 0 Å². The van der Waals surface area contributed by atoms with Gasteiger partial charge in [-0.25, -0.2) is 8.78 Å². The minimum absolute atomic E-state index is 2.92. The Kier molecular flexibility index (Phi) is 5.67. The number of rotatable bonds is 7. The molecule has 0 aliphatic heterocycles. The van der Waals surface area contributed by atoms with Crippen LogP contribution in [0.3, 0.4) is 0 Å². The second-order valence-electron chi connectivity index (χ2n) is 3.90. The summed E-state index contributed by atoms with van der Waals surface area (Å²) in [5.41, 5.74) is 0. The Hall–Kier alpha value is -0.950. The van der Waals surface area contributed by atoms with E-state index >= 15 is 0 Å². The van der Waals surface area contributed by atoms with E-state index in [1.165, 1.54) is 0 Å². The highest BCUT2D eigenvalue weighted by Crippen LogP contribution is 2.47. The molecule has 0 unspecified atom stereocenters. The lowest BCUT2D eigenvalue weighted by molar-refractivity contribution is -0.364. The molecule has 0 aromatic rings. The molecule has 0 N–H and O–H groups in total. The summed E-state index contributed by atoms with van der Waals surface area (Å²) < 4.78 is 160. The van der Waals surface area contributed by atoms with E-state index in [1.54, 1.807) is 0 Å². The summed E-state index contributed by atoms with van der Waals surface area (Å²) in [5, 5.41) is 0. The number of hydrogen-bond donors (Lipinski definition) is 0. The maximum atomic E-state index is 12.6. The van der Waals surface area contributed by atoms with Gasteiger partial charge in [-0.15, -0.1) is 0 Å². The van der Waals surface area contributed by atoms with Crippen molar-refractivity contribution in [1.82, 2.24) is 0 Å². The van der Waals surface area contributed by atoms with E-state index in [-0.39, 0.29) is 0 Å². The lowest BCUT2D eigenvalue weighted by Gasteiger charge is -2.29. The van der Waals surface area contributed by atoms with Crippen LogP contribution in [0.1, 0.15) is 0 Å². The van der Waals surface area contributed by atoms with Crippen molar-refractivity contribution in [2.24, 2.45) is 0 Å². The molecule has 0 aliphatic carbocycles. The van der Waals surface area contributed by atoms with Crippen molar-refractivity contribution in [2.45, 2.75) is 36.3 Å². The van der Waals surface area contributed by atoms with E-state index in [2.05, 4.69) is 4.74 Å². The van der Waals surface area contributed by atoms with Gasteiger partial charge in [-0.05, 0) is 0 Å². The van der Waals surface area contributed by atoms with Gasteiger partial charge in [0.2, 0.25) is 0 Å². The maximum absolute atomic E-state index is 12.6. The van der Waals surface area contributed by atoms with Crippen LogP contribution in [0.5, 0.6) is 0 Å². The van der Waals surface area contributed by atoms with Crippen molar-refractivity contribution in [1.29, 1.82) is 0 Å². The summed E-state index contributed by atoms with van der Waals surface area (Å²) in [4.78, 5) is 0. The molecule has 134 valence electrons. The van der Waals surface area contributed by atoms with Crippen molar-refractivity contribution in [3.8, 4) is 0 Å². The van der Waals surface area contributed by atoms with Crippen LogP contribution in [-0.2, 0) is 4.74 Å². The fraction of sp³-hybridized carbons (Fsp3) is 1.00. The Morgan fingerprint density at radius 1 is 0.636 bits per heavy atom. The van der Waals surface area contributed by atoms with Crippen LogP contribution in [0.4, 0.5) is 57.1 Å². The quantitative estimate of drug-likeness (QED) is 0.610. The van der Waals surface area contributed by atoms with Crippen LogP contribution in [-0.4, -0.2) is 49.5 Å². The van der Waals surface area contributed by atoms with Crippen molar-refractivity contribution < 1.29 is 61.8 Å². The monoisotopic (exact) mass is 364 g/mol. The number of halogens is 13. The first-order chi connectivity index (χ1) is 9.40. The second kappa shape index (κ2) is 5.92. The van der Waals surface area contributed by atoms with Crippen molar-refractivity contribution in [2.75, 3.05) is 13.2 Å². The van der Waals surface area contributed by atoms with Crippen LogP contribution in [0.2, 0.25) is 0 Å². The minimum Gasteiger partial charge on any atom is -0.368 e. The predicted molar refractivity (Wildman–Crippen MR) is 42.7 cm³/mol. The third-order valence-corrected chi connectivity index (χ3v) is 2.14. The third-order valence-electron chi connectivity index (χ3n) is 2.14. The summed E-state index contributed by atoms with van der Waals surface area (Å²) in [7, 11) is 0. The molecular weight excluding hydrogens is 359 g/mol. The molecule has 0 rings (SSSR count). The first-order valence-corrected chi connectivity index (χ1v) is 4.84. The number of ether oxygens (including phenoxy) is 1. The first-order valence-electron chi connectivity index (χ1n) is 4.84. The summed E-state index contributed by atoms with van der Waals surface area (Å²) in [6, 6.07) is 0. The molecule has 0 saturated carbocycles. The van der Waals surface area contributed by atoms with E-state index in [0.29, 0.717) is 0 Å². The molecule has 0 aromatic heterocycles. The fourth-order valence-electron chi connectivity index (χ4n) is 0.861. The zero-order valence-electron chi connectivity index (χ0n) is 9.81. The van der Waals surface area contributed by atoms with E-state index in [4.69, 9.17) is 0 Å². The standard InChI is InChI=1S/C8H5F13O/c9-3(10)6(15,16)4(11,12)1-22-2-5(13,14)7(17,18)8(19,20)21/h3H,1-2H2. The molecule has 14 heteroatoms. The lowest BCUT2D eigenvalue weighted by Crippen LogP contribution is -2.55. The normalized spacial score (nSPS) is 15.5. The van der Waals surface area contributed by atoms with Gasteiger partial charge in [-0.1, -0.05) is 0 Å². The molecule has 1 nitrogen and oxygen atoms in total. The Bertz CT molecular complexity index is 371. The van der Waals surface area contributed by atoms with E-state index in [9.17, 15) is 57.1 Å². The number of hydrogen-bond acceptors (Lipinski definition) is 1. The predicted octanol–water partition coefficient (Wildman–Crippen LogP) is 4.37. The maximum Gasteiger partial charge on any atom is 0.459 e. The molecule has 0 aromatic carbocycles. The Morgan fingerprint density at radius 3 is 1.32 bits per heavy atom. The highest BCUT2D eigenvalue weighted by atomic mass is 19.4. The molecular formula is C8H5F13O. The van der Waals surface area contributed by atoms with Crippen LogP contribution in [0.15, 0.2) is 0 Å². The summed E-state index contributed by atoms with van der Waals surface area (Å²) in [6.07, 6.45) is -11.7. The summed E-state index contributed by atoms with van der Waals surface area (Å²) in [6.45, 7) is -5.97. The van der Waals surface area contributed by atoms with E-state index in [1.807, 2.05) is 0 Å². The molecule has 0 bridgehead atoms. The smallest absolute Gasteiger partial charge is 0.368 e. The van der Waals surface area contributed by atoms with Crippen LogP contribution in [0.25, 0.3) is 0 Å². The molecule has 0 fully saturated rings. The Balaban J connectivity index is 4.91. The zero-order chi connectivity index (χ0) is 18.2. The van der Waals surface area contributed by atoms with Gasteiger partial charge in [-0.2, -0.15) is 48.3 Å². The molecule has 0 saturated heterocycles. The first kappa shape index (κ1) is 21.0. The molecule has 0 atom stereocenters. The lowest BCUT2D eigenvalue weighted by atomic mass is 10.1. The third kappa shape index (κ3) is 3.87. The molecule has 0 spiro atoms. The van der Waals surface area contributed by atoms with Crippen molar-refractivity contribution in [3.05, 3.63) is 0 Å². The van der Waals surface area contributed by atoms with Crippen molar-refractivity contribution in [3.63, 3.8) is 0 Å². The highest BCUT2D eigenvalue weighted by molar-refractivity contribution is 4.92. The topological polar surface area (TPSA) is 9.23 Å². The van der Waals surface area contributed by atoms with Gasteiger partial charge in [0, 0.05) is 0 Å². The van der Waals surface area contributed by atoms with Gasteiger partial charge in [0.15, 0.2) is 0 Å².